The van der Waals surface area contributed by atoms with Crippen LogP contribution in [-0.4, -0.2) is 58.2 Å². The maximum Gasteiger partial charge on any atom is 0.306 e. The van der Waals surface area contributed by atoms with Gasteiger partial charge in [0.15, 0.2) is 0 Å². The van der Waals surface area contributed by atoms with Crippen molar-refractivity contribution in [1.82, 2.24) is 14.9 Å². The fourth-order valence-corrected chi connectivity index (χ4v) is 6.26. The van der Waals surface area contributed by atoms with Crippen molar-refractivity contribution in [3.8, 4) is 0 Å². The van der Waals surface area contributed by atoms with E-state index in [-0.39, 0.29) is 12.0 Å². The third kappa shape index (κ3) is 5.23. The van der Waals surface area contributed by atoms with E-state index in [1.54, 1.807) is 6.07 Å². The Morgan fingerprint density at radius 1 is 1.20 bits per heavy atom. The van der Waals surface area contributed by atoms with Crippen LogP contribution >= 0.6 is 23.2 Å². The van der Waals surface area contributed by atoms with Gasteiger partial charge in [0.2, 0.25) is 5.95 Å². The number of nitrogens with one attached hydrogen (secondary N) is 1. The molecule has 3 heterocycles. The fourth-order valence-electron chi connectivity index (χ4n) is 5.69. The predicted octanol–water partition coefficient (Wildman–Crippen LogP) is 5.28. The van der Waals surface area contributed by atoms with E-state index in [1.165, 1.54) is 12.8 Å². The van der Waals surface area contributed by atoms with Crippen LogP contribution in [0.5, 0.6) is 0 Å². The van der Waals surface area contributed by atoms with Gasteiger partial charge >= 0.3 is 5.97 Å². The second-order valence-corrected chi connectivity index (χ2v) is 11.3. The Labute approximate surface area is 216 Å². The lowest BCUT2D eigenvalue weighted by Gasteiger charge is -2.50. The number of aromatic nitrogens is 2. The van der Waals surface area contributed by atoms with Crippen molar-refractivity contribution in [2.45, 2.75) is 51.6 Å². The molecule has 1 saturated carbocycles. The van der Waals surface area contributed by atoms with Gasteiger partial charge < -0.3 is 20.2 Å². The number of rotatable bonds is 7. The van der Waals surface area contributed by atoms with Crippen LogP contribution in [0.3, 0.4) is 0 Å². The summed E-state index contributed by atoms with van der Waals surface area (Å²) in [4.78, 5) is 25.4. The van der Waals surface area contributed by atoms with Crippen molar-refractivity contribution in [1.29, 1.82) is 0 Å². The molecule has 0 spiro atoms. The highest BCUT2D eigenvalue weighted by molar-refractivity contribution is 6.35. The number of hydrogen-bond acceptors (Lipinski definition) is 6. The molecule has 1 aromatic carbocycles. The number of aryl methyl sites for hydroxylation is 1. The molecule has 3 aliphatic rings. The van der Waals surface area contributed by atoms with Gasteiger partial charge in [-0.3, -0.25) is 4.79 Å². The SMILES string of the molecule is Cc1cnc(N2CC(C3CCCN(C4CC(C(=O)O)C4)C3)C2)nc1N[C@H](C)c1ccc(Cl)cc1Cl. The molecule has 7 nitrogen and oxygen atoms in total. The fraction of sp³-hybridized carbons (Fsp3) is 0.577. The molecule has 2 saturated heterocycles. The summed E-state index contributed by atoms with van der Waals surface area (Å²) in [6, 6.07) is 5.99. The van der Waals surface area contributed by atoms with Crippen LogP contribution in [-0.2, 0) is 4.79 Å². The van der Waals surface area contributed by atoms with E-state index in [0.29, 0.717) is 27.9 Å². The second kappa shape index (κ2) is 10.1. The van der Waals surface area contributed by atoms with E-state index in [4.69, 9.17) is 28.2 Å². The Kier molecular flexibility index (Phi) is 7.11. The third-order valence-electron chi connectivity index (χ3n) is 8.07. The Morgan fingerprint density at radius 2 is 1.97 bits per heavy atom. The summed E-state index contributed by atoms with van der Waals surface area (Å²) >= 11 is 12.5. The van der Waals surface area contributed by atoms with Gasteiger partial charge in [-0.25, -0.2) is 4.98 Å². The normalized spacial score (nSPS) is 26.1. The van der Waals surface area contributed by atoms with Crippen LogP contribution in [0.15, 0.2) is 24.4 Å². The van der Waals surface area contributed by atoms with Gasteiger partial charge in [0.05, 0.1) is 12.0 Å². The minimum absolute atomic E-state index is 0.0224. The van der Waals surface area contributed by atoms with Gasteiger partial charge in [0.1, 0.15) is 5.82 Å². The van der Waals surface area contributed by atoms with Gasteiger partial charge in [-0.1, -0.05) is 29.3 Å². The zero-order valence-electron chi connectivity index (χ0n) is 20.3. The Balaban J connectivity index is 1.17. The van der Waals surface area contributed by atoms with Gasteiger partial charge in [-0.15, -0.1) is 0 Å². The summed E-state index contributed by atoms with van der Waals surface area (Å²) in [6.07, 6.45) is 5.96. The van der Waals surface area contributed by atoms with Gasteiger partial charge in [0, 0.05) is 47.5 Å². The molecule has 0 bridgehead atoms. The highest BCUT2D eigenvalue weighted by Crippen LogP contribution is 2.38. The highest BCUT2D eigenvalue weighted by atomic mass is 35.5. The highest BCUT2D eigenvalue weighted by Gasteiger charge is 2.42. The number of hydrogen-bond donors (Lipinski definition) is 2. The average molecular weight is 518 g/mol. The summed E-state index contributed by atoms with van der Waals surface area (Å²) in [5, 5.41) is 13.9. The molecule has 9 heteroatoms. The first-order valence-corrected chi connectivity index (χ1v) is 13.3. The molecule has 2 atom stereocenters. The number of anilines is 2. The molecule has 188 valence electrons. The van der Waals surface area contributed by atoms with Gasteiger partial charge in [-0.05, 0) is 75.6 Å². The number of benzene rings is 1. The third-order valence-corrected chi connectivity index (χ3v) is 8.63. The molecule has 3 fully saturated rings. The lowest BCUT2D eigenvalue weighted by atomic mass is 9.76. The number of aliphatic carboxylic acids is 1. The van der Waals surface area contributed by atoms with Crippen molar-refractivity contribution in [3.63, 3.8) is 0 Å². The monoisotopic (exact) mass is 517 g/mol. The van der Waals surface area contributed by atoms with E-state index in [0.717, 1.165) is 61.9 Å². The molecule has 0 amide bonds. The quantitative estimate of drug-likeness (QED) is 0.517. The molecular formula is C26H33Cl2N5O2. The number of nitrogens with zero attached hydrogens (tertiary/aromatic N) is 4. The first kappa shape index (κ1) is 24.6. The topological polar surface area (TPSA) is 81.6 Å². The number of halogens is 2. The van der Waals surface area contributed by atoms with Crippen molar-refractivity contribution < 1.29 is 9.90 Å². The molecule has 35 heavy (non-hydrogen) atoms. The maximum absolute atomic E-state index is 11.2. The van der Waals surface area contributed by atoms with E-state index in [1.807, 2.05) is 25.3 Å². The van der Waals surface area contributed by atoms with Crippen molar-refractivity contribution >= 4 is 40.9 Å². The van der Waals surface area contributed by atoms with Crippen LogP contribution in [0.2, 0.25) is 10.0 Å². The van der Waals surface area contributed by atoms with Gasteiger partial charge in [-0.2, -0.15) is 4.98 Å². The summed E-state index contributed by atoms with van der Waals surface area (Å²) in [7, 11) is 0. The Morgan fingerprint density at radius 3 is 2.69 bits per heavy atom. The zero-order chi connectivity index (χ0) is 24.7. The molecular weight excluding hydrogens is 485 g/mol. The van der Waals surface area contributed by atoms with Crippen LogP contribution in [0.25, 0.3) is 0 Å². The lowest BCUT2D eigenvalue weighted by Crippen LogP contribution is -2.56. The van der Waals surface area contributed by atoms with Crippen molar-refractivity contribution in [3.05, 3.63) is 45.6 Å². The van der Waals surface area contributed by atoms with E-state index >= 15 is 0 Å². The summed E-state index contributed by atoms with van der Waals surface area (Å²) in [5.74, 6) is 2.11. The lowest BCUT2D eigenvalue weighted by molar-refractivity contribution is -0.147. The number of carbonyl (C=O) groups is 1. The number of carboxylic acid groups (broad SMARTS) is 1. The zero-order valence-corrected chi connectivity index (χ0v) is 21.8. The van der Waals surface area contributed by atoms with Crippen LogP contribution in [0, 0.1) is 24.7 Å². The van der Waals surface area contributed by atoms with Crippen molar-refractivity contribution in [2.75, 3.05) is 36.4 Å². The first-order valence-electron chi connectivity index (χ1n) is 12.6. The molecule has 1 aliphatic carbocycles. The number of carboxylic acids is 1. The standard InChI is InChI=1S/C26H33Cl2N5O2/c1-15-11-29-26(31-24(15)30-16(2)22-6-5-20(27)10-23(22)28)33-13-19(14-33)17-4-3-7-32(12-17)21-8-18(9-21)25(34)35/h5-6,10-11,16-19,21H,3-4,7-9,12-14H2,1-2H3,(H,34,35)(H,29,30,31)/t16-,17?,18?,21?/m1/s1. The molecule has 2 N–H and O–H groups in total. The average Bonchev–Trinajstić information content (AvgIpc) is 2.74. The van der Waals surface area contributed by atoms with Crippen LogP contribution in [0.1, 0.15) is 49.8 Å². The van der Waals surface area contributed by atoms with Gasteiger partial charge in [0.25, 0.3) is 0 Å². The molecule has 0 radical (unpaired) electrons. The molecule has 5 rings (SSSR count). The largest absolute Gasteiger partial charge is 0.481 e. The van der Waals surface area contributed by atoms with E-state index in [9.17, 15) is 9.90 Å². The molecule has 1 aromatic heterocycles. The minimum atomic E-state index is -0.637. The maximum atomic E-state index is 11.2. The van der Waals surface area contributed by atoms with Crippen molar-refractivity contribution in [2.24, 2.45) is 17.8 Å². The second-order valence-electron chi connectivity index (χ2n) is 10.5. The number of piperidine rings is 1. The summed E-state index contributed by atoms with van der Waals surface area (Å²) < 4.78 is 0. The minimum Gasteiger partial charge on any atom is -0.481 e. The summed E-state index contributed by atoms with van der Waals surface area (Å²) in [5.41, 5.74) is 1.97. The molecule has 2 aliphatic heterocycles. The Bertz CT molecular complexity index is 1090. The van der Waals surface area contributed by atoms with E-state index < -0.39 is 5.97 Å². The van der Waals surface area contributed by atoms with Crippen LogP contribution < -0.4 is 10.2 Å². The summed E-state index contributed by atoms with van der Waals surface area (Å²) in [6.45, 7) is 8.22. The predicted molar refractivity (Wildman–Crippen MR) is 139 cm³/mol. The Hall–Kier alpha value is -2.09. The smallest absolute Gasteiger partial charge is 0.306 e. The van der Waals surface area contributed by atoms with E-state index in [2.05, 4.69) is 27.0 Å². The number of likely N-dealkylation sites (tertiary alicyclic amines) is 1. The first-order chi connectivity index (χ1) is 16.8. The molecule has 2 aromatic rings. The van der Waals surface area contributed by atoms with Crippen LogP contribution in [0.4, 0.5) is 11.8 Å². The molecule has 1 unspecified atom stereocenters.